The number of hydrogen-bond donors (Lipinski definition) is 1. The summed E-state index contributed by atoms with van der Waals surface area (Å²) in [5.74, 6) is -1.03. The van der Waals surface area contributed by atoms with E-state index in [4.69, 9.17) is 0 Å². The zero-order valence-electron chi connectivity index (χ0n) is 11.1. The Morgan fingerprint density at radius 3 is 2.76 bits per heavy atom. The van der Waals surface area contributed by atoms with E-state index in [0.717, 1.165) is 29.1 Å². The molecule has 2 aromatic carbocycles. The van der Waals surface area contributed by atoms with E-state index < -0.39 is 17.7 Å². The normalized spacial score (nSPS) is 12.5. The van der Waals surface area contributed by atoms with Crippen LogP contribution in [0.15, 0.2) is 54.7 Å². The van der Waals surface area contributed by atoms with E-state index in [0.29, 0.717) is 5.56 Å². The minimum absolute atomic E-state index is 0.0232. The van der Waals surface area contributed by atoms with Crippen LogP contribution in [-0.4, -0.2) is 10.1 Å². The van der Waals surface area contributed by atoms with Crippen LogP contribution in [-0.2, 0) is 6.42 Å². The van der Waals surface area contributed by atoms with Crippen LogP contribution in [0, 0.1) is 11.6 Å². The van der Waals surface area contributed by atoms with Crippen LogP contribution < -0.4 is 0 Å². The lowest BCUT2D eigenvalue weighted by atomic mass is 9.99. The van der Waals surface area contributed by atoms with Gasteiger partial charge in [0.1, 0.15) is 11.6 Å². The molecule has 2 nitrogen and oxygen atoms in total. The highest BCUT2D eigenvalue weighted by Gasteiger charge is 2.13. The second kappa shape index (κ2) is 5.58. The Balaban J connectivity index is 1.89. The molecule has 0 aliphatic heterocycles. The summed E-state index contributed by atoms with van der Waals surface area (Å²) in [6, 6.07) is 12.3. The van der Waals surface area contributed by atoms with Crippen molar-refractivity contribution >= 4 is 10.9 Å². The number of benzene rings is 2. The number of pyridine rings is 1. The molecule has 1 unspecified atom stereocenters. The second-order valence-corrected chi connectivity index (χ2v) is 4.91. The van der Waals surface area contributed by atoms with E-state index in [1.54, 1.807) is 18.3 Å². The number of fused-ring (bicyclic) bond motifs is 1. The van der Waals surface area contributed by atoms with Crippen molar-refractivity contribution in [3.63, 3.8) is 0 Å². The molecule has 3 rings (SSSR count). The summed E-state index contributed by atoms with van der Waals surface area (Å²) < 4.78 is 26.8. The molecular weight excluding hydrogens is 272 g/mol. The van der Waals surface area contributed by atoms with Gasteiger partial charge in [-0.25, -0.2) is 8.78 Å². The Morgan fingerprint density at radius 1 is 1.05 bits per heavy atom. The van der Waals surface area contributed by atoms with Crippen molar-refractivity contribution in [3.8, 4) is 0 Å². The summed E-state index contributed by atoms with van der Waals surface area (Å²) >= 11 is 0. The van der Waals surface area contributed by atoms with Crippen LogP contribution in [0.1, 0.15) is 17.2 Å². The van der Waals surface area contributed by atoms with Gasteiger partial charge in [0, 0.05) is 18.0 Å². The second-order valence-electron chi connectivity index (χ2n) is 4.91. The highest BCUT2D eigenvalue weighted by Crippen LogP contribution is 2.23. The average Bonchev–Trinajstić information content (AvgIpc) is 2.50. The zero-order valence-corrected chi connectivity index (χ0v) is 11.1. The summed E-state index contributed by atoms with van der Waals surface area (Å²) in [5.41, 5.74) is 1.64. The quantitative estimate of drug-likeness (QED) is 0.794. The molecule has 3 aromatic rings. The van der Waals surface area contributed by atoms with Gasteiger partial charge in [-0.1, -0.05) is 12.1 Å². The molecule has 21 heavy (non-hydrogen) atoms. The van der Waals surface area contributed by atoms with Gasteiger partial charge in [-0.05, 0) is 47.5 Å². The van der Waals surface area contributed by atoms with Gasteiger partial charge in [-0.3, -0.25) is 4.98 Å². The number of aliphatic hydroxyl groups excluding tert-OH is 1. The van der Waals surface area contributed by atoms with Gasteiger partial charge in [0.15, 0.2) is 0 Å². The summed E-state index contributed by atoms with van der Waals surface area (Å²) in [5, 5.41) is 11.1. The third kappa shape index (κ3) is 2.90. The van der Waals surface area contributed by atoms with Crippen LogP contribution in [0.5, 0.6) is 0 Å². The lowest BCUT2D eigenvalue weighted by Gasteiger charge is -2.12. The molecule has 0 radical (unpaired) electrons. The van der Waals surface area contributed by atoms with Gasteiger partial charge in [0.25, 0.3) is 0 Å². The molecule has 1 N–H and O–H groups in total. The largest absolute Gasteiger partial charge is 0.388 e. The number of aromatic nitrogens is 1. The monoisotopic (exact) mass is 285 g/mol. The lowest BCUT2D eigenvalue weighted by molar-refractivity contribution is 0.177. The minimum Gasteiger partial charge on any atom is -0.388 e. The lowest BCUT2D eigenvalue weighted by Crippen LogP contribution is -2.04. The fourth-order valence-corrected chi connectivity index (χ4v) is 2.33. The standard InChI is InChI=1S/C17H13F2NO/c18-14-4-5-15(19)13(9-14)10-17(21)12-3-6-16-11(8-12)2-1-7-20-16/h1-9,17,21H,10H2. The average molecular weight is 285 g/mol. The van der Waals surface area contributed by atoms with E-state index >= 15 is 0 Å². The summed E-state index contributed by atoms with van der Waals surface area (Å²) in [6.07, 6.45) is 0.821. The fraction of sp³-hybridized carbons (Fsp3) is 0.118. The molecule has 0 amide bonds. The molecule has 0 aliphatic rings. The topological polar surface area (TPSA) is 33.1 Å². The number of hydrogen-bond acceptors (Lipinski definition) is 2. The molecule has 0 bridgehead atoms. The zero-order chi connectivity index (χ0) is 14.8. The third-order valence-electron chi connectivity index (χ3n) is 3.43. The predicted molar refractivity (Wildman–Crippen MR) is 76.8 cm³/mol. The fourth-order valence-electron chi connectivity index (χ4n) is 2.33. The van der Waals surface area contributed by atoms with E-state index in [-0.39, 0.29) is 12.0 Å². The number of nitrogens with zero attached hydrogens (tertiary/aromatic N) is 1. The first-order valence-electron chi connectivity index (χ1n) is 6.60. The van der Waals surface area contributed by atoms with Crippen molar-refractivity contribution in [1.29, 1.82) is 0 Å². The maximum Gasteiger partial charge on any atom is 0.126 e. The van der Waals surface area contributed by atoms with E-state index in [2.05, 4.69) is 4.98 Å². The van der Waals surface area contributed by atoms with Crippen molar-refractivity contribution < 1.29 is 13.9 Å². The molecule has 1 aromatic heterocycles. The van der Waals surface area contributed by atoms with Crippen LogP contribution in [0.25, 0.3) is 10.9 Å². The van der Waals surface area contributed by atoms with Gasteiger partial charge in [-0.15, -0.1) is 0 Å². The van der Waals surface area contributed by atoms with E-state index in [9.17, 15) is 13.9 Å². The Hall–Kier alpha value is -2.33. The summed E-state index contributed by atoms with van der Waals surface area (Å²) in [6.45, 7) is 0. The molecule has 0 saturated heterocycles. The first-order chi connectivity index (χ1) is 10.1. The molecule has 106 valence electrons. The highest BCUT2D eigenvalue weighted by atomic mass is 19.1. The number of rotatable bonds is 3. The van der Waals surface area contributed by atoms with Crippen LogP contribution in [0.2, 0.25) is 0 Å². The van der Waals surface area contributed by atoms with Crippen molar-refractivity contribution in [3.05, 3.63) is 77.5 Å². The third-order valence-corrected chi connectivity index (χ3v) is 3.43. The Labute approximate surface area is 120 Å². The maximum atomic E-state index is 13.6. The molecule has 1 heterocycles. The van der Waals surface area contributed by atoms with E-state index in [1.165, 1.54) is 0 Å². The number of halogens is 2. The van der Waals surface area contributed by atoms with Gasteiger partial charge in [-0.2, -0.15) is 0 Å². The SMILES string of the molecule is OC(Cc1cc(F)ccc1F)c1ccc2ncccc2c1. The molecule has 0 fully saturated rings. The molecular formula is C17H13F2NO. The van der Waals surface area contributed by atoms with Crippen molar-refractivity contribution in [2.24, 2.45) is 0 Å². The highest BCUT2D eigenvalue weighted by molar-refractivity contribution is 5.79. The van der Waals surface area contributed by atoms with Crippen molar-refractivity contribution in [1.82, 2.24) is 4.98 Å². The van der Waals surface area contributed by atoms with Crippen molar-refractivity contribution in [2.45, 2.75) is 12.5 Å². The Bertz CT molecular complexity index is 789. The van der Waals surface area contributed by atoms with Crippen molar-refractivity contribution in [2.75, 3.05) is 0 Å². The molecule has 1 atom stereocenters. The minimum atomic E-state index is -0.897. The van der Waals surface area contributed by atoms with Gasteiger partial charge in [0.2, 0.25) is 0 Å². The smallest absolute Gasteiger partial charge is 0.126 e. The van der Waals surface area contributed by atoms with Gasteiger partial charge >= 0.3 is 0 Å². The summed E-state index contributed by atoms with van der Waals surface area (Å²) in [4.78, 5) is 4.20. The number of aliphatic hydroxyl groups is 1. The van der Waals surface area contributed by atoms with Crippen LogP contribution in [0.4, 0.5) is 8.78 Å². The van der Waals surface area contributed by atoms with Gasteiger partial charge in [0.05, 0.1) is 11.6 Å². The van der Waals surface area contributed by atoms with Gasteiger partial charge < -0.3 is 5.11 Å². The summed E-state index contributed by atoms with van der Waals surface area (Å²) in [7, 11) is 0. The predicted octanol–water partition coefficient (Wildman–Crippen LogP) is 3.79. The molecule has 0 aliphatic carbocycles. The first-order valence-corrected chi connectivity index (χ1v) is 6.60. The molecule has 0 spiro atoms. The van der Waals surface area contributed by atoms with E-state index in [1.807, 2.05) is 18.2 Å². The Kier molecular flexibility index (Phi) is 3.62. The Morgan fingerprint density at radius 2 is 1.90 bits per heavy atom. The maximum absolute atomic E-state index is 13.6. The molecule has 0 saturated carbocycles. The van der Waals surface area contributed by atoms with Crippen LogP contribution in [0.3, 0.4) is 0 Å². The van der Waals surface area contributed by atoms with Crippen LogP contribution >= 0.6 is 0 Å². The molecule has 4 heteroatoms. The first kappa shape index (κ1) is 13.6.